The average Bonchev–Trinajstić information content (AvgIpc) is 2.81. The maximum atomic E-state index is 11.3. The molecule has 9 heteroatoms. The van der Waals surface area contributed by atoms with E-state index >= 15 is 0 Å². The number of aromatic nitrogens is 4. The Kier molecular flexibility index (Phi) is 4.47. The van der Waals surface area contributed by atoms with Gasteiger partial charge in [0.05, 0.1) is 6.61 Å². The maximum absolute atomic E-state index is 11.3. The van der Waals surface area contributed by atoms with Crippen molar-refractivity contribution in [2.24, 2.45) is 0 Å². The summed E-state index contributed by atoms with van der Waals surface area (Å²) in [7, 11) is 0. The summed E-state index contributed by atoms with van der Waals surface area (Å²) < 4.78 is 10.8. The van der Waals surface area contributed by atoms with Gasteiger partial charge in [0.2, 0.25) is 0 Å². The Balaban J connectivity index is 2.06. The standard InChI is InChI=1S/C9H7IN4O3S/c1-2-16-7(15)6-13-14-9(17-6)18-8-11-3-5(10)4-12-8/h3-4H,2H2,1H3. The van der Waals surface area contributed by atoms with Crippen LogP contribution in [0.5, 0.6) is 0 Å². The van der Waals surface area contributed by atoms with E-state index in [-0.39, 0.29) is 17.7 Å². The molecule has 0 N–H and O–H groups in total. The molecular formula is C9H7IN4O3S. The van der Waals surface area contributed by atoms with Gasteiger partial charge in [-0.3, -0.25) is 0 Å². The second-order valence-corrected chi connectivity index (χ2v) is 5.04. The van der Waals surface area contributed by atoms with Crippen molar-refractivity contribution in [1.82, 2.24) is 20.2 Å². The van der Waals surface area contributed by atoms with Crippen LogP contribution in [0, 0.1) is 3.57 Å². The zero-order valence-electron chi connectivity index (χ0n) is 9.16. The summed E-state index contributed by atoms with van der Waals surface area (Å²) >= 11 is 3.18. The molecule has 0 aliphatic rings. The van der Waals surface area contributed by atoms with Crippen molar-refractivity contribution < 1.29 is 13.9 Å². The number of rotatable bonds is 4. The number of halogens is 1. The number of hydrogen-bond donors (Lipinski definition) is 0. The summed E-state index contributed by atoms with van der Waals surface area (Å²) in [5.41, 5.74) is 0. The predicted octanol–water partition coefficient (Wildman–Crippen LogP) is 1.79. The molecule has 0 saturated heterocycles. The lowest BCUT2D eigenvalue weighted by molar-refractivity contribution is 0.0475. The molecule has 94 valence electrons. The Labute approximate surface area is 120 Å². The molecule has 7 nitrogen and oxygen atoms in total. The molecule has 0 saturated carbocycles. The van der Waals surface area contributed by atoms with E-state index in [0.717, 1.165) is 15.3 Å². The highest BCUT2D eigenvalue weighted by molar-refractivity contribution is 14.1. The average molecular weight is 378 g/mol. The molecule has 0 aliphatic heterocycles. The van der Waals surface area contributed by atoms with Gasteiger partial charge < -0.3 is 9.15 Å². The summed E-state index contributed by atoms with van der Waals surface area (Å²) in [4.78, 5) is 19.4. The van der Waals surface area contributed by atoms with Crippen LogP contribution in [0.15, 0.2) is 27.2 Å². The van der Waals surface area contributed by atoms with Crippen LogP contribution in [0.4, 0.5) is 0 Å². The number of carbonyl (C=O) groups is 1. The lowest BCUT2D eigenvalue weighted by atomic mass is 10.7. The van der Waals surface area contributed by atoms with E-state index in [0.29, 0.717) is 5.16 Å². The van der Waals surface area contributed by atoms with Crippen molar-refractivity contribution >= 4 is 40.3 Å². The molecule has 2 rings (SSSR count). The van der Waals surface area contributed by atoms with Gasteiger partial charge in [0, 0.05) is 27.7 Å². The van der Waals surface area contributed by atoms with E-state index in [1.54, 1.807) is 19.3 Å². The Morgan fingerprint density at radius 2 is 2.17 bits per heavy atom. The third-order valence-electron chi connectivity index (χ3n) is 1.63. The van der Waals surface area contributed by atoms with E-state index in [1.165, 1.54) is 0 Å². The summed E-state index contributed by atoms with van der Waals surface area (Å²) in [5.74, 6) is -0.815. The quantitative estimate of drug-likeness (QED) is 0.452. The normalized spacial score (nSPS) is 10.3. The minimum absolute atomic E-state index is 0.176. The Morgan fingerprint density at radius 1 is 1.44 bits per heavy atom. The fourth-order valence-electron chi connectivity index (χ4n) is 0.958. The van der Waals surface area contributed by atoms with Crippen LogP contribution in [-0.2, 0) is 4.74 Å². The molecular weight excluding hydrogens is 371 g/mol. The van der Waals surface area contributed by atoms with Gasteiger partial charge in [-0.25, -0.2) is 14.8 Å². The first kappa shape index (κ1) is 13.2. The van der Waals surface area contributed by atoms with Gasteiger partial charge in [-0.1, -0.05) is 5.10 Å². The molecule has 0 aromatic carbocycles. The van der Waals surface area contributed by atoms with E-state index in [1.807, 2.05) is 0 Å². The van der Waals surface area contributed by atoms with E-state index < -0.39 is 5.97 Å². The second-order valence-electron chi connectivity index (χ2n) is 2.88. The van der Waals surface area contributed by atoms with Crippen LogP contribution in [0.1, 0.15) is 17.6 Å². The highest BCUT2D eigenvalue weighted by Crippen LogP contribution is 2.22. The molecule has 2 heterocycles. The number of carbonyl (C=O) groups excluding carboxylic acids is 1. The highest BCUT2D eigenvalue weighted by Gasteiger charge is 2.17. The monoisotopic (exact) mass is 378 g/mol. The molecule has 0 aliphatic carbocycles. The van der Waals surface area contributed by atoms with Gasteiger partial charge in [0.1, 0.15) is 0 Å². The lowest BCUT2D eigenvalue weighted by Crippen LogP contribution is -2.04. The van der Waals surface area contributed by atoms with Crippen molar-refractivity contribution in [3.63, 3.8) is 0 Å². The van der Waals surface area contributed by atoms with E-state index in [9.17, 15) is 4.79 Å². The zero-order valence-corrected chi connectivity index (χ0v) is 12.1. The van der Waals surface area contributed by atoms with Crippen molar-refractivity contribution in [3.8, 4) is 0 Å². The number of ether oxygens (including phenoxy) is 1. The number of hydrogen-bond acceptors (Lipinski definition) is 8. The maximum Gasteiger partial charge on any atom is 0.396 e. The SMILES string of the molecule is CCOC(=O)c1nnc(Sc2ncc(I)cn2)o1. The van der Waals surface area contributed by atoms with Crippen LogP contribution >= 0.6 is 34.4 Å². The fraction of sp³-hybridized carbons (Fsp3) is 0.222. The molecule has 2 aromatic heterocycles. The van der Waals surface area contributed by atoms with Crippen LogP contribution in [0.3, 0.4) is 0 Å². The summed E-state index contributed by atoms with van der Waals surface area (Å²) in [6.07, 6.45) is 3.33. The van der Waals surface area contributed by atoms with Crippen molar-refractivity contribution in [1.29, 1.82) is 0 Å². The fourth-order valence-corrected chi connectivity index (χ4v) is 1.81. The molecule has 0 bridgehead atoms. The molecule has 0 unspecified atom stereocenters. The van der Waals surface area contributed by atoms with Crippen LogP contribution in [0.2, 0.25) is 0 Å². The second kappa shape index (κ2) is 6.09. The largest absolute Gasteiger partial charge is 0.459 e. The first-order valence-corrected chi connectivity index (χ1v) is 6.74. The van der Waals surface area contributed by atoms with Gasteiger partial charge >= 0.3 is 11.9 Å². The van der Waals surface area contributed by atoms with Crippen LogP contribution in [0.25, 0.3) is 0 Å². The highest BCUT2D eigenvalue weighted by atomic mass is 127. The molecule has 0 fully saturated rings. The predicted molar refractivity (Wildman–Crippen MR) is 69.1 cm³/mol. The van der Waals surface area contributed by atoms with Crippen molar-refractivity contribution in [2.45, 2.75) is 17.3 Å². The molecule has 0 amide bonds. The Bertz CT molecular complexity index is 545. The number of nitrogens with zero attached hydrogens (tertiary/aromatic N) is 4. The molecule has 0 radical (unpaired) electrons. The zero-order chi connectivity index (χ0) is 13.0. The minimum Gasteiger partial charge on any atom is -0.459 e. The summed E-state index contributed by atoms with van der Waals surface area (Å²) in [6, 6.07) is 0. The lowest BCUT2D eigenvalue weighted by Gasteiger charge is -1.95. The topological polar surface area (TPSA) is 91.0 Å². The third-order valence-corrected chi connectivity index (χ3v) is 2.92. The molecule has 18 heavy (non-hydrogen) atoms. The molecule has 2 aromatic rings. The Morgan fingerprint density at radius 3 is 2.83 bits per heavy atom. The van der Waals surface area contributed by atoms with E-state index in [2.05, 4.69) is 42.8 Å². The molecule has 0 atom stereocenters. The minimum atomic E-state index is -0.639. The smallest absolute Gasteiger partial charge is 0.396 e. The van der Waals surface area contributed by atoms with Crippen LogP contribution in [-0.4, -0.2) is 32.7 Å². The molecule has 0 spiro atoms. The van der Waals surface area contributed by atoms with Gasteiger partial charge in [-0.2, -0.15) is 0 Å². The van der Waals surface area contributed by atoms with Gasteiger partial charge in [0.25, 0.3) is 5.22 Å². The third kappa shape index (κ3) is 3.38. The van der Waals surface area contributed by atoms with Gasteiger partial charge in [-0.15, -0.1) is 5.10 Å². The van der Waals surface area contributed by atoms with Crippen molar-refractivity contribution in [2.75, 3.05) is 6.61 Å². The Hall–Kier alpha value is -1.23. The first-order chi connectivity index (χ1) is 8.69. The van der Waals surface area contributed by atoms with Gasteiger partial charge in [-0.05, 0) is 29.5 Å². The van der Waals surface area contributed by atoms with Crippen LogP contribution < -0.4 is 0 Å². The van der Waals surface area contributed by atoms with Gasteiger partial charge in [0.15, 0.2) is 5.16 Å². The van der Waals surface area contributed by atoms with E-state index in [4.69, 9.17) is 9.15 Å². The first-order valence-electron chi connectivity index (χ1n) is 4.85. The van der Waals surface area contributed by atoms with Crippen molar-refractivity contribution in [3.05, 3.63) is 21.9 Å². The summed E-state index contributed by atoms with van der Waals surface area (Å²) in [5, 5.41) is 7.94. The summed E-state index contributed by atoms with van der Waals surface area (Å²) in [6.45, 7) is 1.95. The number of esters is 1.